The van der Waals surface area contributed by atoms with Crippen molar-refractivity contribution < 1.29 is 4.79 Å². The molecule has 0 unspecified atom stereocenters. The molecule has 2 aromatic rings. The van der Waals surface area contributed by atoms with E-state index in [1.54, 1.807) is 6.92 Å². The van der Waals surface area contributed by atoms with Crippen LogP contribution in [0.1, 0.15) is 18.1 Å². The molecule has 0 aliphatic carbocycles. The fourth-order valence-corrected chi connectivity index (χ4v) is 2.95. The summed E-state index contributed by atoms with van der Waals surface area (Å²) in [7, 11) is 0. The maximum absolute atomic E-state index is 12.2. The molecule has 0 saturated carbocycles. The van der Waals surface area contributed by atoms with Gasteiger partial charge in [-0.2, -0.15) is 0 Å². The zero-order chi connectivity index (χ0) is 15.7. The first-order chi connectivity index (χ1) is 10.5. The maximum Gasteiger partial charge on any atom is 0.252 e. The Morgan fingerprint density at radius 1 is 1.18 bits per heavy atom. The number of rotatable bonds is 2. The number of aromatic nitrogens is 1. The van der Waals surface area contributed by atoms with Crippen LogP contribution < -0.4 is 5.56 Å². The van der Waals surface area contributed by atoms with Crippen LogP contribution in [0.25, 0.3) is 10.9 Å². The molecule has 0 spiro atoms. The third-order valence-corrected chi connectivity index (χ3v) is 4.29. The molecular formula is C17H21N3O2. The molecule has 1 aliphatic heterocycles. The number of H-pyrrole nitrogens is 1. The molecule has 0 radical (unpaired) electrons. The van der Waals surface area contributed by atoms with Gasteiger partial charge in [0, 0.05) is 50.7 Å². The van der Waals surface area contributed by atoms with Crippen molar-refractivity contribution in [2.24, 2.45) is 0 Å². The minimum absolute atomic E-state index is 0.0228. The van der Waals surface area contributed by atoms with E-state index in [4.69, 9.17) is 0 Å². The Morgan fingerprint density at radius 2 is 1.91 bits per heavy atom. The molecule has 2 heterocycles. The lowest BCUT2D eigenvalue weighted by Gasteiger charge is -2.34. The molecule has 1 saturated heterocycles. The number of pyridine rings is 1. The Kier molecular flexibility index (Phi) is 3.98. The van der Waals surface area contributed by atoms with E-state index in [1.807, 2.05) is 30.0 Å². The van der Waals surface area contributed by atoms with Gasteiger partial charge in [-0.1, -0.05) is 11.6 Å². The van der Waals surface area contributed by atoms with E-state index in [2.05, 4.69) is 16.0 Å². The van der Waals surface area contributed by atoms with Crippen molar-refractivity contribution in [2.45, 2.75) is 20.4 Å². The Morgan fingerprint density at radius 3 is 2.59 bits per heavy atom. The molecule has 1 aromatic heterocycles. The summed E-state index contributed by atoms with van der Waals surface area (Å²) < 4.78 is 0. The second kappa shape index (κ2) is 5.93. The highest BCUT2D eigenvalue weighted by Crippen LogP contribution is 2.14. The van der Waals surface area contributed by atoms with Gasteiger partial charge in [-0.25, -0.2) is 0 Å². The highest BCUT2D eigenvalue weighted by atomic mass is 16.2. The van der Waals surface area contributed by atoms with Crippen LogP contribution in [0, 0.1) is 6.92 Å². The molecule has 1 fully saturated rings. The second-order valence-electron chi connectivity index (χ2n) is 6.00. The molecule has 1 N–H and O–H groups in total. The predicted molar refractivity (Wildman–Crippen MR) is 86.8 cm³/mol. The molecular weight excluding hydrogens is 278 g/mol. The number of hydrogen-bond acceptors (Lipinski definition) is 3. The molecule has 5 heteroatoms. The van der Waals surface area contributed by atoms with Gasteiger partial charge < -0.3 is 9.88 Å². The van der Waals surface area contributed by atoms with Crippen molar-refractivity contribution >= 4 is 16.8 Å². The Balaban J connectivity index is 1.78. The van der Waals surface area contributed by atoms with Gasteiger partial charge in [-0.15, -0.1) is 0 Å². The third-order valence-electron chi connectivity index (χ3n) is 4.29. The molecule has 5 nitrogen and oxygen atoms in total. The van der Waals surface area contributed by atoms with E-state index in [9.17, 15) is 9.59 Å². The van der Waals surface area contributed by atoms with Crippen LogP contribution in [-0.4, -0.2) is 46.9 Å². The van der Waals surface area contributed by atoms with Crippen LogP contribution >= 0.6 is 0 Å². The molecule has 0 atom stereocenters. The smallest absolute Gasteiger partial charge is 0.252 e. The summed E-state index contributed by atoms with van der Waals surface area (Å²) in [5, 5.41) is 1.07. The molecule has 1 aromatic carbocycles. The second-order valence-corrected chi connectivity index (χ2v) is 6.00. The first-order valence-electron chi connectivity index (χ1n) is 7.63. The van der Waals surface area contributed by atoms with E-state index in [0.717, 1.165) is 42.6 Å². The summed E-state index contributed by atoms with van der Waals surface area (Å²) in [5.41, 5.74) is 2.82. The predicted octanol–water partition coefficient (Wildman–Crippen LogP) is 1.50. The van der Waals surface area contributed by atoms with Crippen molar-refractivity contribution in [3.63, 3.8) is 0 Å². The molecule has 116 valence electrons. The molecule has 1 aliphatic rings. The lowest BCUT2D eigenvalue weighted by molar-refractivity contribution is -0.130. The van der Waals surface area contributed by atoms with E-state index in [0.29, 0.717) is 6.54 Å². The van der Waals surface area contributed by atoms with Gasteiger partial charge in [-0.05, 0) is 30.5 Å². The summed E-state index contributed by atoms with van der Waals surface area (Å²) >= 11 is 0. The largest absolute Gasteiger partial charge is 0.340 e. The van der Waals surface area contributed by atoms with Crippen molar-refractivity contribution in [3.05, 3.63) is 45.7 Å². The van der Waals surface area contributed by atoms with Crippen LogP contribution in [0.3, 0.4) is 0 Å². The lowest BCUT2D eigenvalue weighted by atomic mass is 10.1. The van der Waals surface area contributed by atoms with Gasteiger partial charge in [0.15, 0.2) is 0 Å². The monoisotopic (exact) mass is 299 g/mol. The van der Waals surface area contributed by atoms with Crippen LogP contribution in [0.2, 0.25) is 0 Å². The van der Waals surface area contributed by atoms with Crippen molar-refractivity contribution in [1.29, 1.82) is 0 Å². The average molecular weight is 299 g/mol. The van der Waals surface area contributed by atoms with E-state index < -0.39 is 0 Å². The highest BCUT2D eigenvalue weighted by Gasteiger charge is 2.19. The number of carbonyl (C=O) groups is 1. The number of piperazine rings is 1. The highest BCUT2D eigenvalue weighted by molar-refractivity contribution is 5.79. The zero-order valence-corrected chi connectivity index (χ0v) is 13.1. The topological polar surface area (TPSA) is 56.4 Å². The van der Waals surface area contributed by atoms with E-state index >= 15 is 0 Å². The maximum atomic E-state index is 12.2. The van der Waals surface area contributed by atoms with Gasteiger partial charge >= 0.3 is 0 Å². The van der Waals surface area contributed by atoms with Crippen molar-refractivity contribution in [1.82, 2.24) is 14.8 Å². The molecule has 22 heavy (non-hydrogen) atoms. The first kappa shape index (κ1) is 14.8. The standard InChI is InChI=1S/C17H21N3O2/c1-12-3-4-16-14(9-12)10-15(17(22)18-16)11-19-5-7-20(8-6-19)13(2)21/h3-4,9-10H,5-8,11H2,1-2H3,(H,18,22). The number of aromatic amines is 1. The zero-order valence-electron chi connectivity index (χ0n) is 13.1. The minimum atomic E-state index is -0.0228. The number of amides is 1. The summed E-state index contributed by atoms with van der Waals surface area (Å²) in [6, 6.07) is 8.02. The Labute approximate surface area is 129 Å². The summed E-state index contributed by atoms with van der Waals surface area (Å²) in [5.74, 6) is 0.124. The fourth-order valence-electron chi connectivity index (χ4n) is 2.95. The number of aryl methyl sites for hydroxylation is 1. The van der Waals surface area contributed by atoms with Gasteiger partial charge in [0.2, 0.25) is 5.91 Å². The summed E-state index contributed by atoms with van der Waals surface area (Å²) in [6.07, 6.45) is 0. The van der Waals surface area contributed by atoms with Crippen molar-refractivity contribution in [3.8, 4) is 0 Å². The quantitative estimate of drug-likeness (QED) is 0.914. The van der Waals surface area contributed by atoms with E-state index in [-0.39, 0.29) is 11.5 Å². The van der Waals surface area contributed by atoms with Gasteiger partial charge in [-0.3, -0.25) is 14.5 Å². The number of nitrogens with one attached hydrogen (secondary N) is 1. The minimum Gasteiger partial charge on any atom is -0.340 e. The fraction of sp³-hybridized carbons (Fsp3) is 0.412. The summed E-state index contributed by atoms with van der Waals surface area (Å²) in [6.45, 7) is 7.37. The summed E-state index contributed by atoms with van der Waals surface area (Å²) in [4.78, 5) is 30.6. The first-order valence-corrected chi connectivity index (χ1v) is 7.63. The Bertz CT molecular complexity index is 758. The van der Waals surface area contributed by atoms with Crippen molar-refractivity contribution in [2.75, 3.05) is 26.2 Å². The van der Waals surface area contributed by atoms with Gasteiger partial charge in [0.25, 0.3) is 5.56 Å². The number of nitrogens with zero attached hydrogens (tertiary/aromatic N) is 2. The average Bonchev–Trinajstić information content (AvgIpc) is 2.49. The van der Waals surface area contributed by atoms with Gasteiger partial charge in [0.1, 0.15) is 0 Å². The normalized spacial score (nSPS) is 16.2. The lowest BCUT2D eigenvalue weighted by Crippen LogP contribution is -2.47. The molecule has 3 rings (SSSR count). The van der Waals surface area contributed by atoms with Crippen LogP contribution in [0.15, 0.2) is 29.1 Å². The molecule has 1 amide bonds. The van der Waals surface area contributed by atoms with Gasteiger partial charge in [0.05, 0.1) is 0 Å². The van der Waals surface area contributed by atoms with E-state index in [1.165, 1.54) is 5.56 Å². The SMILES string of the molecule is CC(=O)N1CCN(Cc2cc3cc(C)ccc3[nH]c2=O)CC1. The number of hydrogen-bond donors (Lipinski definition) is 1. The third kappa shape index (κ3) is 3.04. The number of carbonyl (C=O) groups excluding carboxylic acids is 1. The van der Waals surface area contributed by atoms with Crippen LogP contribution in [0.4, 0.5) is 0 Å². The number of fused-ring (bicyclic) bond motifs is 1. The van der Waals surface area contributed by atoms with Crippen LogP contribution in [-0.2, 0) is 11.3 Å². The molecule has 0 bridgehead atoms. The Hall–Kier alpha value is -2.14. The van der Waals surface area contributed by atoms with Crippen LogP contribution in [0.5, 0.6) is 0 Å². The number of benzene rings is 1.